The molecule has 0 radical (unpaired) electrons. The van der Waals surface area contributed by atoms with Crippen molar-refractivity contribution in [3.63, 3.8) is 0 Å². The second-order valence-electron chi connectivity index (χ2n) is 10.7. The molecule has 1 atom stereocenters. The zero-order chi connectivity index (χ0) is 27.3. The minimum Gasteiger partial charge on any atom is -0.347 e. The van der Waals surface area contributed by atoms with Gasteiger partial charge >= 0.3 is 0 Å². The van der Waals surface area contributed by atoms with Gasteiger partial charge in [0, 0.05) is 25.4 Å². The van der Waals surface area contributed by atoms with Gasteiger partial charge in [0.05, 0.1) is 5.41 Å². The van der Waals surface area contributed by atoms with E-state index < -0.39 is 11.6 Å². The van der Waals surface area contributed by atoms with Crippen LogP contribution in [0.2, 0.25) is 0 Å². The van der Waals surface area contributed by atoms with Gasteiger partial charge < -0.3 is 14.5 Å². The number of carbonyl (C=O) groups is 3. The van der Waals surface area contributed by atoms with E-state index >= 15 is 0 Å². The normalized spacial score (nSPS) is 19.9. The summed E-state index contributed by atoms with van der Waals surface area (Å²) in [6.07, 6.45) is 2.37. The van der Waals surface area contributed by atoms with Gasteiger partial charge in [-0.3, -0.25) is 19.3 Å². The second kappa shape index (κ2) is 12.2. The van der Waals surface area contributed by atoms with Crippen LogP contribution in [0, 0.1) is 5.41 Å². The minimum atomic E-state index is -0.781. The highest BCUT2D eigenvalue weighted by Crippen LogP contribution is 2.46. The summed E-state index contributed by atoms with van der Waals surface area (Å²) in [6.45, 7) is 5.67. The van der Waals surface area contributed by atoms with Crippen molar-refractivity contribution in [2.75, 3.05) is 33.8 Å². The molecule has 204 valence electrons. The van der Waals surface area contributed by atoms with E-state index in [-0.39, 0.29) is 42.7 Å². The predicted molar refractivity (Wildman–Crippen MR) is 147 cm³/mol. The summed E-state index contributed by atoms with van der Waals surface area (Å²) in [5, 5.41) is 0. The van der Waals surface area contributed by atoms with Crippen molar-refractivity contribution in [1.82, 2.24) is 14.7 Å². The van der Waals surface area contributed by atoms with Crippen LogP contribution >= 0.6 is 0 Å². The van der Waals surface area contributed by atoms with Crippen molar-refractivity contribution in [2.24, 2.45) is 5.41 Å². The molecule has 0 aromatic heterocycles. The average Bonchev–Trinajstić information content (AvgIpc) is 2.95. The van der Waals surface area contributed by atoms with Gasteiger partial charge in [0.25, 0.3) is 0 Å². The molecule has 0 N–H and O–H groups in total. The van der Waals surface area contributed by atoms with Gasteiger partial charge in [-0.2, -0.15) is 0 Å². The SMILES string of the molecule is CCC1(CC)C(=O)N(C(=O)CC(c2ccccc2)c2ccccc2)C1OCC(=O)N(C)C1CCN(C)CC1. The Morgan fingerprint density at radius 2 is 1.50 bits per heavy atom. The van der Waals surface area contributed by atoms with Gasteiger partial charge in [-0.05, 0) is 56.9 Å². The van der Waals surface area contributed by atoms with Gasteiger partial charge in [0.1, 0.15) is 6.61 Å². The first-order chi connectivity index (χ1) is 18.3. The molecule has 0 bridgehead atoms. The maximum Gasteiger partial charge on any atom is 0.248 e. The van der Waals surface area contributed by atoms with Gasteiger partial charge in [-0.15, -0.1) is 0 Å². The molecule has 2 aliphatic heterocycles. The molecule has 0 spiro atoms. The Morgan fingerprint density at radius 1 is 0.974 bits per heavy atom. The van der Waals surface area contributed by atoms with Crippen molar-refractivity contribution < 1.29 is 19.1 Å². The molecule has 3 amide bonds. The number of benzene rings is 2. The summed E-state index contributed by atoms with van der Waals surface area (Å²) in [5.74, 6) is -0.771. The Balaban J connectivity index is 1.49. The lowest BCUT2D eigenvalue weighted by molar-refractivity contribution is -0.224. The summed E-state index contributed by atoms with van der Waals surface area (Å²) >= 11 is 0. The first kappa shape index (κ1) is 28.0. The van der Waals surface area contributed by atoms with Gasteiger partial charge in [-0.1, -0.05) is 74.5 Å². The lowest BCUT2D eigenvalue weighted by Crippen LogP contribution is -2.71. The van der Waals surface area contributed by atoms with Crippen molar-refractivity contribution in [3.8, 4) is 0 Å². The van der Waals surface area contributed by atoms with Crippen LogP contribution in [-0.4, -0.2) is 78.5 Å². The highest BCUT2D eigenvalue weighted by molar-refractivity contribution is 6.04. The molecular formula is C31H41N3O4. The Labute approximate surface area is 226 Å². The van der Waals surface area contributed by atoms with Crippen LogP contribution in [0.15, 0.2) is 60.7 Å². The molecule has 2 fully saturated rings. The maximum absolute atomic E-state index is 13.7. The van der Waals surface area contributed by atoms with E-state index in [0.717, 1.165) is 37.1 Å². The smallest absolute Gasteiger partial charge is 0.248 e. The van der Waals surface area contributed by atoms with E-state index in [1.54, 1.807) is 4.90 Å². The van der Waals surface area contributed by atoms with Crippen molar-refractivity contribution in [3.05, 3.63) is 71.8 Å². The van der Waals surface area contributed by atoms with E-state index in [1.807, 2.05) is 81.6 Å². The predicted octanol–water partition coefficient (Wildman–Crippen LogP) is 4.28. The van der Waals surface area contributed by atoms with Crippen LogP contribution in [0.3, 0.4) is 0 Å². The number of hydrogen-bond acceptors (Lipinski definition) is 5. The van der Waals surface area contributed by atoms with Crippen LogP contribution < -0.4 is 0 Å². The van der Waals surface area contributed by atoms with E-state index in [2.05, 4.69) is 11.9 Å². The topological polar surface area (TPSA) is 70.2 Å². The fourth-order valence-electron chi connectivity index (χ4n) is 5.92. The van der Waals surface area contributed by atoms with Crippen LogP contribution in [0.5, 0.6) is 0 Å². The highest BCUT2D eigenvalue weighted by Gasteiger charge is 2.61. The molecule has 1 unspecified atom stereocenters. The molecule has 2 aromatic carbocycles. The summed E-state index contributed by atoms with van der Waals surface area (Å²) < 4.78 is 6.15. The number of piperidine rings is 1. The van der Waals surface area contributed by atoms with Crippen LogP contribution in [0.4, 0.5) is 0 Å². The first-order valence-corrected chi connectivity index (χ1v) is 13.8. The quantitative estimate of drug-likeness (QED) is 0.438. The standard InChI is InChI=1S/C31H41N3O4/c1-5-31(6-2)29(37)34(30(31)38-22-28(36)33(4)25-17-19-32(3)20-18-25)27(35)21-26(23-13-9-7-10-14-23)24-15-11-8-12-16-24/h7-16,25-26,30H,5-6,17-22H2,1-4H3. The monoisotopic (exact) mass is 519 g/mol. The number of nitrogens with zero attached hydrogens (tertiary/aromatic N) is 3. The Kier molecular flexibility index (Phi) is 9.00. The van der Waals surface area contributed by atoms with E-state index in [1.165, 1.54) is 4.90 Å². The molecule has 7 nitrogen and oxygen atoms in total. The molecular weight excluding hydrogens is 478 g/mol. The van der Waals surface area contributed by atoms with Crippen LogP contribution in [0.1, 0.15) is 63.0 Å². The third-order valence-corrected chi connectivity index (χ3v) is 8.66. The third-order valence-electron chi connectivity index (χ3n) is 8.66. The molecule has 38 heavy (non-hydrogen) atoms. The molecule has 2 heterocycles. The second-order valence-corrected chi connectivity index (χ2v) is 10.7. The minimum absolute atomic E-state index is 0.112. The molecule has 0 saturated carbocycles. The highest BCUT2D eigenvalue weighted by atomic mass is 16.5. The number of rotatable bonds is 10. The fourth-order valence-corrected chi connectivity index (χ4v) is 5.92. The zero-order valence-corrected chi connectivity index (χ0v) is 23.1. The Morgan fingerprint density at radius 3 is 2.00 bits per heavy atom. The summed E-state index contributed by atoms with van der Waals surface area (Å²) in [4.78, 5) is 45.5. The largest absolute Gasteiger partial charge is 0.347 e. The number of β-lactam (4-membered cyclic amide) rings is 1. The molecule has 2 aliphatic rings. The van der Waals surface area contributed by atoms with E-state index in [0.29, 0.717) is 12.8 Å². The fraction of sp³-hybridized carbons (Fsp3) is 0.516. The summed E-state index contributed by atoms with van der Waals surface area (Å²) in [5.41, 5.74) is 1.26. The van der Waals surface area contributed by atoms with Crippen molar-refractivity contribution in [1.29, 1.82) is 0 Å². The van der Waals surface area contributed by atoms with Gasteiger partial charge in [0.15, 0.2) is 6.23 Å². The number of ether oxygens (including phenoxy) is 1. The lowest BCUT2D eigenvalue weighted by atomic mass is 9.71. The number of hydrogen-bond donors (Lipinski definition) is 0. The van der Waals surface area contributed by atoms with Crippen molar-refractivity contribution in [2.45, 2.75) is 64.1 Å². The third kappa shape index (κ3) is 5.54. The molecule has 4 rings (SSSR count). The first-order valence-electron chi connectivity index (χ1n) is 13.8. The van der Waals surface area contributed by atoms with Crippen molar-refractivity contribution >= 4 is 17.7 Å². The number of likely N-dealkylation sites (tertiary alicyclic amines) is 2. The number of likely N-dealkylation sites (N-methyl/N-ethyl adjacent to an activating group) is 1. The van der Waals surface area contributed by atoms with E-state index in [4.69, 9.17) is 4.74 Å². The van der Waals surface area contributed by atoms with Crippen LogP contribution in [0.25, 0.3) is 0 Å². The summed E-state index contributed by atoms with van der Waals surface area (Å²) in [7, 11) is 3.92. The number of imide groups is 1. The number of amides is 3. The summed E-state index contributed by atoms with van der Waals surface area (Å²) in [6, 6.07) is 20.0. The maximum atomic E-state index is 13.7. The Hall–Kier alpha value is -3.03. The molecule has 2 aromatic rings. The molecule has 0 aliphatic carbocycles. The van der Waals surface area contributed by atoms with Gasteiger partial charge in [-0.25, -0.2) is 0 Å². The molecule has 7 heteroatoms. The van der Waals surface area contributed by atoms with E-state index in [9.17, 15) is 14.4 Å². The number of carbonyl (C=O) groups excluding carboxylic acids is 3. The zero-order valence-electron chi connectivity index (χ0n) is 23.1. The van der Waals surface area contributed by atoms with Crippen LogP contribution in [-0.2, 0) is 19.1 Å². The average molecular weight is 520 g/mol. The molecule has 2 saturated heterocycles. The van der Waals surface area contributed by atoms with Gasteiger partial charge in [0.2, 0.25) is 17.7 Å². The Bertz CT molecular complexity index is 1060. The lowest BCUT2D eigenvalue weighted by Gasteiger charge is -2.54.